The Labute approximate surface area is 131 Å². The molecule has 1 aromatic rings. The first-order valence-electron chi connectivity index (χ1n) is 8.02. The largest absolute Gasteiger partial charge is 0.461 e. The van der Waals surface area contributed by atoms with Gasteiger partial charge in [0.15, 0.2) is 5.69 Å². The second-order valence-electron chi connectivity index (χ2n) is 5.77. The lowest BCUT2D eigenvalue weighted by Gasteiger charge is -2.32. The summed E-state index contributed by atoms with van der Waals surface area (Å²) in [5.74, 6) is -0.320. The first-order valence-corrected chi connectivity index (χ1v) is 8.02. The molecule has 0 saturated carbocycles. The molecule has 1 atom stereocenters. The second kappa shape index (κ2) is 6.94. The maximum atomic E-state index is 12.3. The standard InChI is InChI=1S/C16H25N3O3/c1-5-7-8-19-15(16(21)22-6-2)13-10-18(12(4)20)11(3)9-14(13)17-19/h11H,5-10H2,1-4H3. The zero-order chi connectivity index (χ0) is 16.3. The van der Waals surface area contributed by atoms with Crippen molar-refractivity contribution >= 4 is 11.9 Å². The molecule has 0 radical (unpaired) electrons. The van der Waals surface area contributed by atoms with Crippen molar-refractivity contribution in [1.29, 1.82) is 0 Å². The van der Waals surface area contributed by atoms with Gasteiger partial charge in [0.05, 0.1) is 18.8 Å². The van der Waals surface area contributed by atoms with Gasteiger partial charge in [-0.3, -0.25) is 9.48 Å². The average Bonchev–Trinajstić information content (AvgIpc) is 2.81. The molecule has 22 heavy (non-hydrogen) atoms. The Balaban J connectivity index is 2.41. The van der Waals surface area contributed by atoms with E-state index in [1.54, 1.807) is 23.4 Å². The van der Waals surface area contributed by atoms with Crippen LogP contribution in [-0.2, 0) is 29.0 Å². The number of nitrogens with zero attached hydrogens (tertiary/aromatic N) is 3. The number of ether oxygens (including phenoxy) is 1. The van der Waals surface area contributed by atoms with Crippen LogP contribution in [0, 0.1) is 0 Å². The van der Waals surface area contributed by atoms with Crippen molar-refractivity contribution in [2.24, 2.45) is 0 Å². The third-order valence-electron chi connectivity index (χ3n) is 4.08. The molecule has 6 heteroatoms. The Hall–Kier alpha value is -1.85. The number of amides is 1. The number of unbranched alkanes of at least 4 members (excludes halogenated alkanes) is 1. The van der Waals surface area contributed by atoms with Crippen LogP contribution in [0.3, 0.4) is 0 Å². The number of aryl methyl sites for hydroxylation is 1. The van der Waals surface area contributed by atoms with Gasteiger partial charge >= 0.3 is 5.97 Å². The highest BCUT2D eigenvalue weighted by Gasteiger charge is 2.33. The molecule has 0 N–H and O–H groups in total. The fourth-order valence-corrected chi connectivity index (χ4v) is 2.91. The number of hydrogen-bond acceptors (Lipinski definition) is 4. The van der Waals surface area contributed by atoms with Gasteiger partial charge in [0, 0.05) is 31.5 Å². The topological polar surface area (TPSA) is 64.4 Å². The predicted molar refractivity (Wildman–Crippen MR) is 82.5 cm³/mol. The summed E-state index contributed by atoms with van der Waals surface area (Å²) in [6, 6.07) is 0.106. The van der Waals surface area contributed by atoms with Crippen LogP contribution >= 0.6 is 0 Å². The number of hydrogen-bond donors (Lipinski definition) is 0. The van der Waals surface area contributed by atoms with Crippen LogP contribution in [0.25, 0.3) is 0 Å². The van der Waals surface area contributed by atoms with Crippen molar-refractivity contribution in [3.8, 4) is 0 Å². The van der Waals surface area contributed by atoms with E-state index in [4.69, 9.17) is 4.74 Å². The fraction of sp³-hybridized carbons (Fsp3) is 0.688. The minimum atomic E-state index is -0.342. The maximum Gasteiger partial charge on any atom is 0.356 e. The number of carbonyl (C=O) groups is 2. The zero-order valence-corrected chi connectivity index (χ0v) is 13.9. The normalized spacial score (nSPS) is 17.3. The Morgan fingerprint density at radius 2 is 2.09 bits per heavy atom. The highest BCUT2D eigenvalue weighted by Crippen LogP contribution is 2.27. The lowest BCUT2D eigenvalue weighted by Crippen LogP contribution is -2.41. The van der Waals surface area contributed by atoms with Gasteiger partial charge in [-0.05, 0) is 20.3 Å². The molecule has 0 aliphatic carbocycles. The van der Waals surface area contributed by atoms with E-state index in [1.807, 2.05) is 6.92 Å². The fourth-order valence-electron chi connectivity index (χ4n) is 2.91. The molecule has 0 aromatic carbocycles. The van der Waals surface area contributed by atoms with Crippen molar-refractivity contribution in [3.05, 3.63) is 17.0 Å². The Bertz CT molecular complexity index is 565. The molecule has 1 amide bonds. The van der Waals surface area contributed by atoms with Crippen molar-refractivity contribution in [1.82, 2.24) is 14.7 Å². The van der Waals surface area contributed by atoms with E-state index in [0.717, 1.165) is 24.1 Å². The predicted octanol–water partition coefficient (Wildman–Crippen LogP) is 2.15. The number of rotatable bonds is 5. The van der Waals surface area contributed by atoms with Crippen LogP contribution in [0.15, 0.2) is 0 Å². The molecule has 0 bridgehead atoms. The van der Waals surface area contributed by atoms with Gasteiger partial charge < -0.3 is 9.64 Å². The Kier molecular flexibility index (Phi) is 5.21. The highest BCUT2D eigenvalue weighted by molar-refractivity contribution is 5.90. The van der Waals surface area contributed by atoms with Crippen LogP contribution in [0.4, 0.5) is 0 Å². The number of carbonyl (C=O) groups excluding carboxylic acids is 2. The van der Waals surface area contributed by atoms with E-state index in [0.29, 0.717) is 31.8 Å². The zero-order valence-electron chi connectivity index (χ0n) is 13.9. The van der Waals surface area contributed by atoms with Crippen LogP contribution in [0.5, 0.6) is 0 Å². The minimum Gasteiger partial charge on any atom is -0.461 e. The molecule has 122 valence electrons. The minimum absolute atomic E-state index is 0.0225. The van der Waals surface area contributed by atoms with Gasteiger partial charge in [-0.15, -0.1) is 0 Å². The molecular weight excluding hydrogens is 282 g/mol. The molecule has 1 aliphatic heterocycles. The molecule has 0 fully saturated rings. The summed E-state index contributed by atoms with van der Waals surface area (Å²) in [6.45, 7) is 8.94. The van der Waals surface area contributed by atoms with Crippen molar-refractivity contribution in [2.75, 3.05) is 6.61 Å². The van der Waals surface area contributed by atoms with Crippen molar-refractivity contribution < 1.29 is 14.3 Å². The summed E-state index contributed by atoms with van der Waals surface area (Å²) in [5.41, 5.74) is 2.29. The molecule has 6 nitrogen and oxygen atoms in total. The van der Waals surface area contributed by atoms with Crippen LogP contribution < -0.4 is 0 Å². The number of fused-ring (bicyclic) bond motifs is 1. The summed E-state index contributed by atoms with van der Waals surface area (Å²) < 4.78 is 6.96. The van der Waals surface area contributed by atoms with E-state index in [-0.39, 0.29) is 17.9 Å². The molecule has 0 spiro atoms. The van der Waals surface area contributed by atoms with Crippen LogP contribution in [0.1, 0.15) is 62.3 Å². The van der Waals surface area contributed by atoms with E-state index < -0.39 is 0 Å². The number of esters is 1. The van der Waals surface area contributed by atoms with E-state index in [9.17, 15) is 9.59 Å². The Morgan fingerprint density at radius 3 is 2.68 bits per heavy atom. The monoisotopic (exact) mass is 307 g/mol. The first kappa shape index (κ1) is 16.5. The van der Waals surface area contributed by atoms with Gasteiger partial charge in [-0.1, -0.05) is 13.3 Å². The second-order valence-corrected chi connectivity index (χ2v) is 5.77. The molecule has 1 unspecified atom stereocenters. The molecule has 1 aromatic heterocycles. The summed E-state index contributed by atoms with van der Waals surface area (Å²) in [6.07, 6.45) is 2.67. The van der Waals surface area contributed by atoms with Gasteiger partial charge in [-0.25, -0.2) is 4.79 Å². The molecule has 1 aliphatic rings. The lowest BCUT2D eigenvalue weighted by atomic mass is 9.99. The SMILES string of the molecule is CCCCn1nc2c(c1C(=O)OCC)CN(C(C)=O)C(C)C2. The molecule has 0 saturated heterocycles. The Morgan fingerprint density at radius 1 is 1.36 bits per heavy atom. The van der Waals surface area contributed by atoms with E-state index in [1.165, 1.54) is 0 Å². The highest BCUT2D eigenvalue weighted by atomic mass is 16.5. The maximum absolute atomic E-state index is 12.3. The average molecular weight is 307 g/mol. The van der Waals surface area contributed by atoms with Gasteiger partial charge in [0.1, 0.15) is 0 Å². The van der Waals surface area contributed by atoms with Crippen LogP contribution in [-0.4, -0.2) is 39.2 Å². The smallest absolute Gasteiger partial charge is 0.356 e. The first-order chi connectivity index (χ1) is 10.5. The van der Waals surface area contributed by atoms with E-state index in [2.05, 4.69) is 12.0 Å². The summed E-state index contributed by atoms with van der Waals surface area (Å²) in [5, 5.41) is 4.61. The lowest BCUT2D eigenvalue weighted by molar-refractivity contribution is -0.131. The third-order valence-corrected chi connectivity index (χ3v) is 4.08. The summed E-state index contributed by atoms with van der Waals surface area (Å²) in [7, 11) is 0. The number of aromatic nitrogens is 2. The molecular formula is C16H25N3O3. The van der Waals surface area contributed by atoms with Crippen molar-refractivity contribution in [3.63, 3.8) is 0 Å². The van der Waals surface area contributed by atoms with Gasteiger partial charge in [0.25, 0.3) is 0 Å². The van der Waals surface area contributed by atoms with Gasteiger partial charge in [-0.2, -0.15) is 5.10 Å². The summed E-state index contributed by atoms with van der Waals surface area (Å²) >= 11 is 0. The molecule has 2 rings (SSSR count). The summed E-state index contributed by atoms with van der Waals surface area (Å²) in [4.78, 5) is 25.9. The third kappa shape index (κ3) is 3.15. The van der Waals surface area contributed by atoms with Crippen molar-refractivity contribution in [2.45, 2.75) is 66.1 Å². The quantitative estimate of drug-likeness (QED) is 0.782. The molecule has 2 heterocycles. The van der Waals surface area contributed by atoms with Crippen LogP contribution in [0.2, 0.25) is 0 Å². The van der Waals surface area contributed by atoms with Gasteiger partial charge in [0.2, 0.25) is 5.91 Å². The van der Waals surface area contributed by atoms with E-state index >= 15 is 0 Å².